The molecule has 90 valence electrons. The highest BCUT2D eigenvalue weighted by Crippen LogP contribution is 2.24. The fourth-order valence-corrected chi connectivity index (χ4v) is 1.80. The molecule has 1 fully saturated rings. The van der Waals surface area contributed by atoms with Crippen LogP contribution in [0.15, 0.2) is 18.2 Å². The van der Waals surface area contributed by atoms with Crippen molar-refractivity contribution in [2.24, 2.45) is 5.92 Å². The Kier molecular flexibility index (Phi) is 3.03. The number of amides is 1. The average Bonchev–Trinajstić information content (AvgIpc) is 2.70. The van der Waals surface area contributed by atoms with Gasteiger partial charge in [0.1, 0.15) is 5.82 Å². The van der Waals surface area contributed by atoms with Crippen LogP contribution < -0.4 is 4.90 Å². The van der Waals surface area contributed by atoms with Crippen molar-refractivity contribution < 1.29 is 18.7 Å². The molecule has 1 amide bonds. The van der Waals surface area contributed by atoms with E-state index >= 15 is 0 Å². The van der Waals surface area contributed by atoms with E-state index in [0.717, 1.165) is 0 Å². The largest absolute Gasteiger partial charge is 0.469 e. The highest BCUT2D eigenvalue weighted by Gasteiger charge is 2.36. The van der Waals surface area contributed by atoms with Gasteiger partial charge in [-0.15, -0.1) is 0 Å². The maximum Gasteiger partial charge on any atom is 0.311 e. The summed E-state index contributed by atoms with van der Waals surface area (Å²) in [6.07, 6.45) is 0.0743. The Labute approximate surface area is 97.2 Å². The molecule has 2 rings (SSSR count). The molecule has 0 aliphatic carbocycles. The van der Waals surface area contributed by atoms with Crippen LogP contribution in [-0.2, 0) is 14.3 Å². The van der Waals surface area contributed by atoms with E-state index in [1.165, 1.54) is 30.2 Å². The Morgan fingerprint density at radius 3 is 3.00 bits per heavy atom. The number of anilines is 1. The van der Waals surface area contributed by atoms with Gasteiger partial charge in [0.15, 0.2) is 0 Å². The third-order valence-corrected chi connectivity index (χ3v) is 2.64. The molecule has 0 radical (unpaired) electrons. The molecule has 5 nitrogen and oxygen atoms in total. The maximum atomic E-state index is 12.9. The highest BCUT2D eigenvalue weighted by molar-refractivity contribution is 5.98. The normalized spacial score (nSPS) is 19.5. The molecule has 1 saturated heterocycles. The van der Waals surface area contributed by atoms with E-state index in [1.54, 1.807) is 0 Å². The van der Waals surface area contributed by atoms with Crippen molar-refractivity contribution in [1.82, 2.24) is 4.98 Å². The molecule has 6 heteroatoms. The Morgan fingerprint density at radius 1 is 1.59 bits per heavy atom. The number of rotatable bonds is 2. The lowest BCUT2D eigenvalue weighted by molar-refractivity contribution is -0.145. The molecule has 1 atom stereocenters. The van der Waals surface area contributed by atoms with Crippen LogP contribution in [0.4, 0.5) is 10.2 Å². The monoisotopic (exact) mass is 238 g/mol. The number of nitrogens with zero attached hydrogens (tertiary/aromatic N) is 2. The summed E-state index contributed by atoms with van der Waals surface area (Å²) in [4.78, 5) is 27.9. The van der Waals surface area contributed by atoms with Gasteiger partial charge in [-0.05, 0) is 12.1 Å². The lowest BCUT2D eigenvalue weighted by atomic mass is 10.1. The molecule has 0 aromatic carbocycles. The Bertz CT molecular complexity index is 464. The molecule has 1 aliphatic heterocycles. The molecule has 1 aromatic rings. The van der Waals surface area contributed by atoms with Gasteiger partial charge < -0.3 is 4.74 Å². The van der Waals surface area contributed by atoms with E-state index in [1.807, 2.05) is 0 Å². The lowest BCUT2D eigenvalue weighted by Gasteiger charge is -2.14. The van der Waals surface area contributed by atoms with Crippen molar-refractivity contribution in [3.63, 3.8) is 0 Å². The molecule has 0 N–H and O–H groups in total. The molecule has 0 spiro atoms. The average molecular weight is 238 g/mol. The molecule has 0 saturated carbocycles. The summed E-state index contributed by atoms with van der Waals surface area (Å²) < 4.78 is 17.5. The molecular weight excluding hydrogens is 227 g/mol. The molecular formula is C11H11FN2O3. The lowest BCUT2D eigenvalue weighted by Crippen LogP contribution is -2.27. The zero-order valence-electron chi connectivity index (χ0n) is 9.22. The predicted octanol–water partition coefficient (Wildman–Crippen LogP) is 0.747. The minimum absolute atomic E-state index is 0.0743. The number of halogens is 1. The van der Waals surface area contributed by atoms with Crippen LogP contribution in [-0.4, -0.2) is 30.5 Å². The van der Waals surface area contributed by atoms with Gasteiger partial charge in [-0.25, -0.2) is 4.98 Å². The molecule has 17 heavy (non-hydrogen) atoms. The number of ether oxygens (including phenoxy) is 1. The summed E-state index contributed by atoms with van der Waals surface area (Å²) in [5.74, 6) is -1.62. The second-order valence-corrected chi connectivity index (χ2v) is 3.75. The second-order valence-electron chi connectivity index (χ2n) is 3.75. The van der Waals surface area contributed by atoms with E-state index in [9.17, 15) is 14.0 Å². The Balaban J connectivity index is 2.18. The topological polar surface area (TPSA) is 59.5 Å². The smallest absolute Gasteiger partial charge is 0.311 e. The van der Waals surface area contributed by atoms with Crippen LogP contribution in [0.5, 0.6) is 0 Å². The van der Waals surface area contributed by atoms with Crippen molar-refractivity contribution in [1.29, 1.82) is 0 Å². The molecule has 0 bridgehead atoms. The number of pyridine rings is 1. The van der Waals surface area contributed by atoms with Crippen LogP contribution in [0.1, 0.15) is 6.42 Å². The summed E-state index contributed by atoms with van der Waals surface area (Å²) >= 11 is 0. The Morgan fingerprint density at radius 2 is 2.35 bits per heavy atom. The molecule has 2 heterocycles. The highest BCUT2D eigenvalue weighted by atomic mass is 19.1. The first kappa shape index (κ1) is 11.5. The standard InChI is InChI=1S/C11H11FN2O3/c1-17-11(16)7-5-10(15)14(6-7)9-4-2-3-8(12)13-9/h2-4,7H,5-6H2,1H3. The number of carbonyl (C=O) groups is 2. The van der Waals surface area contributed by atoms with Gasteiger partial charge >= 0.3 is 5.97 Å². The first-order valence-corrected chi connectivity index (χ1v) is 5.12. The fourth-order valence-electron chi connectivity index (χ4n) is 1.80. The SMILES string of the molecule is COC(=O)C1CC(=O)N(c2cccc(F)n2)C1. The minimum Gasteiger partial charge on any atom is -0.469 e. The number of carbonyl (C=O) groups excluding carboxylic acids is 2. The number of aromatic nitrogens is 1. The number of hydrogen-bond donors (Lipinski definition) is 0. The van der Waals surface area contributed by atoms with Gasteiger partial charge in [0, 0.05) is 13.0 Å². The molecule has 1 aromatic heterocycles. The van der Waals surface area contributed by atoms with Crippen LogP contribution >= 0.6 is 0 Å². The van der Waals surface area contributed by atoms with Gasteiger partial charge in [0.2, 0.25) is 11.9 Å². The summed E-state index contributed by atoms with van der Waals surface area (Å²) in [6.45, 7) is 0.183. The van der Waals surface area contributed by atoms with E-state index in [0.29, 0.717) is 0 Å². The van der Waals surface area contributed by atoms with E-state index < -0.39 is 17.8 Å². The van der Waals surface area contributed by atoms with Gasteiger partial charge in [-0.2, -0.15) is 4.39 Å². The van der Waals surface area contributed by atoms with E-state index in [2.05, 4.69) is 9.72 Å². The summed E-state index contributed by atoms with van der Waals surface area (Å²) in [5, 5.41) is 0. The quantitative estimate of drug-likeness (QED) is 0.563. The minimum atomic E-state index is -0.656. The van der Waals surface area contributed by atoms with Crippen LogP contribution in [0.2, 0.25) is 0 Å². The molecule has 1 unspecified atom stereocenters. The first-order valence-electron chi connectivity index (χ1n) is 5.12. The second kappa shape index (κ2) is 4.48. The van der Waals surface area contributed by atoms with E-state index in [-0.39, 0.29) is 24.7 Å². The zero-order valence-corrected chi connectivity index (χ0v) is 9.22. The van der Waals surface area contributed by atoms with Gasteiger partial charge in [0.25, 0.3) is 0 Å². The van der Waals surface area contributed by atoms with Crippen molar-refractivity contribution in [2.45, 2.75) is 6.42 Å². The third-order valence-electron chi connectivity index (χ3n) is 2.64. The summed E-state index contributed by atoms with van der Waals surface area (Å²) in [7, 11) is 1.27. The van der Waals surface area contributed by atoms with Crippen molar-refractivity contribution in [3.05, 3.63) is 24.1 Å². The number of methoxy groups -OCH3 is 1. The van der Waals surface area contributed by atoms with Crippen LogP contribution in [0, 0.1) is 11.9 Å². The van der Waals surface area contributed by atoms with Crippen LogP contribution in [0.25, 0.3) is 0 Å². The number of hydrogen-bond acceptors (Lipinski definition) is 4. The number of esters is 1. The van der Waals surface area contributed by atoms with Gasteiger partial charge in [-0.3, -0.25) is 14.5 Å². The third kappa shape index (κ3) is 2.25. The predicted molar refractivity (Wildman–Crippen MR) is 56.7 cm³/mol. The molecule has 1 aliphatic rings. The maximum absolute atomic E-state index is 12.9. The van der Waals surface area contributed by atoms with Gasteiger partial charge in [0.05, 0.1) is 13.0 Å². The van der Waals surface area contributed by atoms with Crippen molar-refractivity contribution in [3.8, 4) is 0 Å². The van der Waals surface area contributed by atoms with E-state index in [4.69, 9.17) is 0 Å². The Hall–Kier alpha value is -1.98. The van der Waals surface area contributed by atoms with Gasteiger partial charge in [-0.1, -0.05) is 6.07 Å². The van der Waals surface area contributed by atoms with Crippen molar-refractivity contribution in [2.75, 3.05) is 18.6 Å². The van der Waals surface area contributed by atoms with Crippen molar-refractivity contribution >= 4 is 17.7 Å². The zero-order chi connectivity index (χ0) is 12.4. The fraction of sp³-hybridized carbons (Fsp3) is 0.364. The van der Waals surface area contributed by atoms with Crippen LogP contribution in [0.3, 0.4) is 0 Å². The summed E-state index contributed by atoms with van der Waals surface area (Å²) in [6, 6.07) is 4.19. The summed E-state index contributed by atoms with van der Waals surface area (Å²) in [5.41, 5.74) is 0. The first-order chi connectivity index (χ1) is 8.11.